The second-order valence-corrected chi connectivity index (χ2v) is 6.74. The molecular weight excluding hydrogens is 322 g/mol. The van der Waals surface area contributed by atoms with Gasteiger partial charge in [-0.15, -0.1) is 0 Å². The summed E-state index contributed by atoms with van der Waals surface area (Å²) in [5.41, 5.74) is 0.707. The molecule has 0 aliphatic heterocycles. The molecule has 0 aliphatic carbocycles. The predicted molar refractivity (Wildman–Crippen MR) is 81.6 cm³/mol. The van der Waals surface area contributed by atoms with Gasteiger partial charge >= 0.3 is 0 Å². The van der Waals surface area contributed by atoms with Gasteiger partial charge in [0.2, 0.25) is 27.6 Å². The van der Waals surface area contributed by atoms with E-state index in [1.807, 2.05) is 0 Å². The van der Waals surface area contributed by atoms with Crippen LogP contribution in [-0.4, -0.2) is 42.3 Å². The van der Waals surface area contributed by atoms with Gasteiger partial charge in [-0.25, -0.2) is 13.1 Å². The molecule has 0 unspecified atom stereocenters. The van der Waals surface area contributed by atoms with Crippen LogP contribution in [-0.2, 0) is 14.8 Å². The fourth-order valence-electron chi connectivity index (χ4n) is 1.75. The Labute approximate surface area is 133 Å². The van der Waals surface area contributed by atoms with Crippen molar-refractivity contribution in [3.63, 3.8) is 0 Å². The average molecular weight is 339 g/mol. The molecule has 2 aromatic rings. The minimum Gasteiger partial charge on any atom is -0.345 e. The highest BCUT2D eigenvalue weighted by Gasteiger charge is 2.17. The first kappa shape index (κ1) is 17.0. The lowest BCUT2D eigenvalue weighted by molar-refractivity contribution is -0.121. The zero-order chi connectivity index (χ0) is 16.9. The standard InChI is InChI=1S/C13H17N5O4S/c1-9(16-11(19)5-7-15-23(2,20)21)13-17-12(18-22-13)10-4-3-6-14-8-10/h3-4,6,8-9,15H,5,7H2,1-2H3,(H,16,19)/t9-/m0/s1. The van der Waals surface area contributed by atoms with E-state index in [0.717, 1.165) is 6.26 Å². The van der Waals surface area contributed by atoms with Gasteiger partial charge in [-0.05, 0) is 19.1 Å². The largest absolute Gasteiger partial charge is 0.345 e. The summed E-state index contributed by atoms with van der Waals surface area (Å²) in [6.45, 7) is 1.73. The molecule has 2 aromatic heterocycles. The minimum atomic E-state index is -3.30. The van der Waals surface area contributed by atoms with E-state index in [-0.39, 0.29) is 24.8 Å². The van der Waals surface area contributed by atoms with Crippen molar-refractivity contribution >= 4 is 15.9 Å². The molecule has 0 saturated carbocycles. The lowest BCUT2D eigenvalue weighted by Crippen LogP contribution is -2.31. The fraction of sp³-hybridized carbons (Fsp3) is 0.385. The Morgan fingerprint density at radius 3 is 2.87 bits per heavy atom. The normalized spacial score (nSPS) is 12.8. The monoisotopic (exact) mass is 339 g/mol. The van der Waals surface area contributed by atoms with E-state index < -0.39 is 16.1 Å². The van der Waals surface area contributed by atoms with Gasteiger partial charge in [-0.3, -0.25) is 9.78 Å². The minimum absolute atomic E-state index is 0.0149. The zero-order valence-electron chi connectivity index (χ0n) is 12.7. The Bertz CT molecular complexity index is 760. The maximum absolute atomic E-state index is 11.7. The second kappa shape index (κ2) is 7.29. The van der Waals surface area contributed by atoms with E-state index in [2.05, 4.69) is 25.2 Å². The molecule has 124 valence electrons. The van der Waals surface area contributed by atoms with Crippen LogP contribution in [0.25, 0.3) is 11.4 Å². The van der Waals surface area contributed by atoms with Crippen LogP contribution >= 0.6 is 0 Å². The quantitative estimate of drug-likeness (QED) is 0.740. The summed E-state index contributed by atoms with van der Waals surface area (Å²) in [5.74, 6) is 0.316. The topological polar surface area (TPSA) is 127 Å². The predicted octanol–water partition coefficient (Wildman–Crippen LogP) is 0.248. The Balaban J connectivity index is 1.90. The maximum Gasteiger partial charge on any atom is 0.249 e. The Morgan fingerprint density at radius 1 is 1.43 bits per heavy atom. The van der Waals surface area contributed by atoms with Gasteiger partial charge in [0.15, 0.2) is 0 Å². The maximum atomic E-state index is 11.7. The van der Waals surface area contributed by atoms with Gasteiger partial charge in [-0.2, -0.15) is 4.98 Å². The number of carbonyl (C=O) groups is 1. The van der Waals surface area contributed by atoms with Crippen LogP contribution < -0.4 is 10.0 Å². The number of nitrogens with zero attached hydrogens (tertiary/aromatic N) is 3. The molecule has 0 radical (unpaired) electrons. The molecule has 0 aliphatic rings. The van der Waals surface area contributed by atoms with Crippen molar-refractivity contribution in [1.82, 2.24) is 25.2 Å². The third-order valence-electron chi connectivity index (χ3n) is 2.83. The summed E-state index contributed by atoms with van der Waals surface area (Å²) in [6, 6.07) is 3.06. The number of hydrogen-bond donors (Lipinski definition) is 2. The lowest BCUT2D eigenvalue weighted by Gasteiger charge is -2.09. The summed E-state index contributed by atoms with van der Waals surface area (Å²) in [6.07, 6.45) is 4.29. The molecule has 9 nitrogen and oxygen atoms in total. The molecule has 2 N–H and O–H groups in total. The highest BCUT2D eigenvalue weighted by atomic mass is 32.2. The summed E-state index contributed by atoms with van der Waals surface area (Å²) in [7, 11) is -3.30. The molecule has 0 saturated heterocycles. The van der Waals surface area contributed by atoms with Crippen LogP contribution in [0.5, 0.6) is 0 Å². The van der Waals surface area contributed by atoms with Gasteiger partial charge in [-0.1, -0.05) is 5.16 Å². The molecule has 0 bridgehead atoms. The molecule has 1 amide bonds. The smallest absolute Gasteiger partial charge is 0.249 e. The molecule has 1 atom stereocenters. The number of amides is 1. The molecular formula is C13H17N5O4S. The van der Waals surface area contributed by atoms with Gasteiger partial charge in [0.25, 0.3) is 0 Å². The number of rotatable bonds is 7. The Hall–Kier alpha value is -2.33. The molecule has 0 fully saturated rings. The molecule has 2 heterocycles. The van der Waals surface area contributed by atoms with Gasteiger partial charge in [0.1, 0.15) is 6.04 Å². The number of hydrogen-bond acceptors (Lipinski definition) is 7. The van der Waals surface area contributed by atoms with Crippen molar-refractivity contribution in [3.8, 4) is 11.4 Å². The fourth-order valence-corrected chi connectivity index (χ4v) is 2.22. The van der Waals surface area contributed by atoms with Crippen molar-refractivity contribution in [2.75, 3.05) is 12.8 Å². The third kappa shape index (κ3) is 5.42. The van der Waals surface area contributed by atoms with E-state index in [1.54, 1.807) is 31.5 Å². The number of nitrogens with one attached hydrogen (secondary N) is 2. The van der Waals surface area contributed by atoms with Crippen LogP contribution in [0.3, 0.4) is 0 Å². The number of sulfonamides is 1. The number of pyridine rings is 1. The highest BCUT2D eigenvalue weighted by molar-refractivity contribution is 7.88. The molecule has 2 rings (SSSR count). The summed E-state index contributed by atoms with van der Waals surface area (Å²) in [5, 5.41) is 6.50. The summed E-state index contributed by atoms with van der Waals surface area (Å²) >= 11 is 0. The van der Waals surface area contributed by atoms with Crippen LogP contribution in [0.1, 0.15) is 25.3 Å². The average Bonchev–Trinajstić information content (AvgIpc) is 2.96. The first-order valence-corrected chi connectivity index (χ1v) is 8.72. The first-order chi connectivity index (χ1) is 10.8. The van der Waals surface area contributed by atoms with Crippen LogP contribution in [0.4, 0.5) is 0 Å². The molecule has 10 heteroatoms. The SMILES string of the molecule is C[C@H](NC(=O)CCNS(C)(=O)=O)c1nc(-c2cccnc2)no1. The van der Waals surface area contributed by atoms with Crippen molar-refractivity contribution in [2.45, 2.75) is 19.4 Å². The third-order valence-corrected chi connectivity index (χ3v) is 3.55. The van der Waals surface area contributed by atoms with E-state index in [9.17, 15) is 13.2 Å². The van der Waals surface area contributed by atoms with Crippen LogP contribution in [0, 0.1) is 0 Å². The number of carbonyl (C=O) groups excluding carboxylic acids is 1. The van der Waals surface area contributed by atoms with E-state index in [4.69, 9.17) is 4.52 Å². The Kier molecular flexibility index (Phi) is 5.40. The molecule has 0 aromatic carbocycles. The first-order valence-electron chi connectivity index (χ1n) is 6.83. The molecule has 23 heavy (non-hydrogen) atoms. The zero-order valence-corrected chi connectivity index (χ0v) is 13.5. The van der Waals surface area contributed by atoms with E-state index >= 15 is 0 Å². The van der Waals surface area contributed by atoms with Gasteiger partial charge in [0.05, 0.1) is 6.26 Å². The lowest BCUT2D eigenvalue weighted by atomic mass is 10.2. The number of aromatic nitrogens is 3. The van der Waals surface area contributed by atoms with Crippen molar-refractivity contribution < 1.29 is 17.7 Å². The van der Waals surface area contributed by atoms with Crippen molar-refractivity contribution in [2.24, 2.45) is 0 Å². The van der Waals surface area contributed by atoms with Gasteiger partial charge in [0, 0.05) is 30.9 Å². The molecule has 0 spiro atoms. The second-order valence-electron chi connectivity index (χ2n) is 4.90. The van der Waals surface area contributed by atoms with Crippen molar-refractivity contribution in [1.29, 1.82) is 0 Å². The van der Waals surface area contributed by atoms with E-state index in [1.165, 1.54) is 0 Å². The van der Waals surface area contributed by atoms with Crippen molar-refractivity contribution in [3.05, 3.63) is 30.4 Å². The summed E-state index contributed by atoms with van der Waals surface area (Å²) in [4.78, 5) is 19.9. The van der Waals surface area contributed by atoms with Crippen LogP contribution in [0.2, 0.25) is 0 Å². The Morgan fingerprint density at radius 2 is 2.22 bits per heavy atom. The van der Waals surface area contributed by atoms with E-state index in [0.29, 0.717) is 11.4 Å². The van der Waals surface area contributed by atoms with Crippen LogP contribution in [0.15, 0.2) is 29.0 Å². The van der Waals surface area contributed by atoms with Gasteiger partial charge < -0.3 is 9.84 Å². The summed E-state index contributed by atoms with van der Waals surface area (Å²) < 4.78 is 29.2. The highest BCUT2D eigenvalue weighted by Crippen LogP contribution is 2.17.